The number of fused-ring (bicyclic) bond motifs is 1. The molecule has 30 heavy (non-hydrogen) atoms. The van der Waals surface area contributed by atoms with Crippen LogP contribution in [0, 0.1) is 5.41 Å². The van der Waals surface area contributed by atoms with E-state index in [1.807, 2.05) is 20.8 Å². The number of carbonyl (C=O) groups excluding carboxylic acids is 1. The molecule has 2 aromatic carbocycles. The molecule has 9 heteroatoms. The van der Waals surface area contributed by atoms with Gasteiger partial charge >= 0.3 is 0 Å². The van der Waals surface area contributed by atoms with Crippen LogP contribution in [0.4, 0.5) is 11.4 Å². The van der Waals surface area contributed by atoms with E-state index in [4.69, 9.17) is 14.2 Å². The van der Waals surface area contributed by atoms with E-state index in [-0.39, 0.29) is 23.2 Å². The second kappa shape index (κ2) is 8.06. The molecule has 1 heterocycles. The monoisotopic (exact) mass is 434 g/mol. The molecule has 1 amide bonds. The number of amides is 1. The molecular formula is C21H26N2O6S. The number of anilines is 2. The summed E-state index contributed by atoms with van der Waals surface area (Å²) >= 11 is 0. The third-order valence-corrected chi connectivity index (χ3v) is 6.31. The molecule has 162 valence electrons. The minimum absolute atomic E-state index is 0.0202. The minimum Gasteiger partial charge on any atom is -0.497 e. The molecular weight excluding hydrogens is 408 g/mol. The summed E-state index contributed by atoms with van der Waals surface area (Å²) in [7, 11) is -1.06. The number of ether oxygens (including phenoxy) is 3. The fourth-order valence-electron chi connectivity index (χ4n) is 3.23. The lowest BCUT2D eigenvalue weighted by Gasteiger charge is -2.26. The second-order valence-electron chi connectivity index (χ2n) is 7.53. The normalized spacial score (nSPS) is 15.6. The molecule has 1 aliphatic rings. The van der Waals surface area contributed by atoms with Gasteiger partial charge in [0.15, 0.2) is 0 Å². The third-order valence-electron chi connectivity index (χ3n) is 4.89. The molecule has 0 spiro atoms. The van der Waals surface area contributed by atoms with E-state index in [1.54, 1.807) is 29.2 Å². The first-order valence-electron chi connectivity index (χ1n) is 9.46. The first kappa shape index (κ1) is 21.8. The van der Waals surface area contributed by atoms with Crippen molar-refractivity contribution >= 4 is 27.3 Å². The van der Waals surface area contributed by atoms with E-state index < -0.39 is 15.4 Å². The number of sulfonamides is 1. The highest BCUT2D eigenvalue weighted by Crippen LogP contribution is 2.39. The average Bonchev–Trinajstić information content (AvgIpc) is 2.81. The highest BCUT2D eigenvalue weighted by Gasteiger charge is 2.37. The standard InChI is InChI=1S/C21H26N2O6S/c1-6-23-16-9-7-14(11-17(16)29-13-21(2,3)20(23)24)22-30(25,26)19-10-8-15(27-4)12-18(19)28-5/h7-12,22H,6,13H2,1-5H3. The predicted molar refractivity (Wildman–Crippen MR) is 114 cm³/mol. The molecule has 0 saturated heterocycles. The summed E-state index contributed by atoms with van der Waals surface area (Å²) in [6.45, 7) is 6.20. The number of hydrogen-bond acceptors (Lipinski definition) is 6. The van der Waals surface area contributed by atoms with Crippen LogP contribution in [0.2, 0.25) is 0 Å². The first-order valence-corrected chi connectivity index (χ1v) is 10.9. The minimum atomic E-state index is -3.94. The topological polar surface area (TPSA) is 94.2 Å². The SMILES string of the molecule is CCN1C(=O)C(C)(C)COc2cc(NS(=O)(=O)c3ccc(OC)cc3OC)ccc21. The van der Waals surface area contributed by atoms with Crippen molar-refractivity contribution in [3.05, 3.63) is 36.4 Å². The van der Waals surface area contributed by atoms with Gasteiger partial charge in [0.25, 0.3) is 10.0 Å². The number of rotatable bonds is 6. The summed E-state index contributed by atoms with van der Waals surface area (Å²) < 4.78 is 44.7. The molecule has 0 atom stereocenters. The zero-order chi connectivity index (χ0) is 22.1. The number of carbonyl (C=O) groups is 1. The molecule has 1 aliphatic heterocycles. The lowest BCUT2D eigenvalue weighted by molar-refractivity contribution is -0.127. The quantitative estimate of drug-likeness (QED) is 0.750. The van der Waals surface area contributed by atoms with Gasteiger partial charge in [0.05, 0.1) is 31.0 Å². The van der Waals surface area contributed by atoms with Crippen molar-refractivity contribution in [2.75, 3.05) is 37.0 Å². The molecule has 2 aromatic rings. The molecule has 0 aromatic heterocycles. The van der Waals surface area contributed by atoms with E-state index in [9.17, 15) is 13.2 Å². The van der Waals surface area contributed by atoms with E-state index >= 15 is 0 Å². The Hall–Kier alpha value is -2.94. The highest BCUT2D eigenvalue weighted by atomic mass is 32.2. The number of hydrogen-bond donors (Lipinski definition) is 1. The molecule has 0 bridgehead atoms. The molecule has 0 saturated carbocycles. The lowest BCUT2D eigenvalue weighted by atomic mass is 9.93. The Morgan fingerprint density at radius 2 is 1.87 bits per heavy atom. The molecule has 0 unspecified atom stereocenters. The maximum Gasteiger partial charge on any atom is 0.265 e. The maximum absolute atomic E-state index is 13.0. The summed E-state index contributed by atoms with van der Waals surface area (Å²) in [4.78, 5) is 14.4. The van der Waals surface area contributed by atoms with Crippen molar-refractivity contribution in [3.8, 4) is 17.2 Å². The van der Waals surface area contributed by atoms with Crippen molar-refractivity contribution in [2.45, 2.75) is 25.7 Å². The van der Waals surface area contributed by atoms with Crippen LogP contribution in [0.25, 0.3) is 0 Å². The van der Waals surface area contributed by atoms with Crippen LogP contribution in [-0.2, 0) is 14.8 Å². The third kappa shape index (κ3) is 4.02. The van der Waals surface area contributed by atoms with Crippen LogP contribution < -0.4 is 23.8 Å². The maximum atomic E-state index is 13.0. The molecule has 1 N–H and O–H groups in total. The number of nitrogens with zero attached hydrogens (tertiary/aromatic N) is 1. The van der Waals surface area contributed by atoms with Gasteiger partial charge in [0.1, 0.15) is 28.8 Å². The van der Waals surface area contributed by atoms with Gasteiger partial charge in [-0.25, -0.2) is 8.42 Å². The predicted octanol–water partition coefficient (Wildman–Crippen LogP) is 3.28. The van der Waals surface area contributed by atoms with Crippen LogP contribution in [0.3, 0.4) is 0 Å². The van der Waals surface area contributed by atoms with Crippen molar-refractivity contribution in [3.63, 3.8) is 0 Å². The van der Waals surface area contributed by atoms with Gasteiger partial charge in [-0.15, -0.1) is 0 Å². The van der Waals surface area contributed by atoms with Gasteiger partial charge in [-0.05, 0) is 45.0 Å². The Morgan fingerprint density at radius 1 is 1.13 bits per heavy atom. The Labute approximate surface area is 176 Å². The Morgan fingerprint density at radius 3 is 2.50 bits per heavy atom. The Kier molecular flexibility index (Phi) is 5.85. The van der Waals surface area contributed by atoms with Crippen molar-refractivity contribution < 1.29 is 27.4 Å². The van der Waals surface area contributed by atoms with E-state index in [0.717, 1.165) is 0 Å². The van der Waals surface area contributed by atoms with E-state index in [0.29, 0.717) is 29.4 Å². The van der Waals surface area contributed by atoms with E-state index in [2.05, 4.69) is 4.72 Å². The number of methoxy groups -OCH3 is 2. The highest BCUT2D eigenvalue weighted by molar-refractivity contribution is 7.92. The number of nitrogens with one attached hydrogen (secondary N) is 1. The smallest absolute Gasteiger partial charge is 0.265 e. The van der Waals surface area contributed by atoms with Crippen LogP contribution in [0.5, 0.6) is 17.2 Å². The van der Waals surface area contributed by atoms with Crippen molar-refractivity contribution in [1.82, 2.24) is 0 Å². The summed E-state index contributed by atoms with van der Waals surface area (Å²) in [6, 6.07) is 9.33. The molecule has 0 radical (unpaired) electrons. The van der Waals surface area contributed by atoms with Crippen LogP contribution >= 0.6 is 0 Å². The molecule has 0 aliphatic carbocycles. The fourth-order valence-corrected chi connectivity index (χ4v) is 4.43. The van der Waals surface area contributed by atoms with Crippen LogP contribution in [-0.4, -0.2) is 41.7 Å². The van der Waals surface area contributed by atoms with Crippen molar-refractivity contribution in [2.24, 2.45) is 5.41 Å². The van der Waals surface area contributed by atoms with Gasteiger partial charge in [-0.1, -0.05) is 0 Å². The zero-order valence-electron chi connectivity index (χ0n) is 17.7. The van der Waals surface area contributed by atoms with Gasteiger partial charge < -0.3 is 19.1 Å². The molecule has 3 rings (SSSR count). The van der Waals surface area contributed by atoms with Gasteiger partial charge in [0.2, 0.25) is 5.91 Å². The zero-order valence-corrected chi connectivity index (χ0v) is 18.5. The van der Waals surface area contributed by atoms with Gasteiger partial charge in [0, 0.05) is 18.7 Å². The fraction of sp³-hybridized carbons (Fsp3) is 0.381. The Balaban J connectivity index is 1.96. The summed E-state index contributed by atoms with van der Waals surface area (Å²) in [5.41, 5.74) is 0.235. The molecule has 0 fully saturated rings. The van der Waals surface area contributed by atoms with E-state index in [1.165, 1.54) is 26.4 Å². The largest absolute Gasteiger partial charge is 0.497 e. The van der Waals surface area contributed by atoms with Gasteiger partial charge in [-0.2, -0.15) is 0 Å². The Bertz CT molecular complexity index is 1070. The lowest BCUT2D eigenvalue weighted by Crippen LogP contribution is -2.42. The second-order valence-corrected chi connectivity index (χ2v) is 9.18. The van der Waals surface area contributed by atoms with Crippen LogP contribution in [0.15, 0.2) is 41.3 Å². The molecule has 8 nitrogen and oxygen atoms in total. The van der Waals surface area contributed by atoms with Gasteiger partial charge in [-0.3, -0.25) is 9.52 Å². The number of benzene rings is 2. The van der Waals surface area contributed by atoms with Crippen LogP contribution in [0.1, 0.15) is 20.8 Å². The first-order chi connectivity index (χ1) is 14.1. The van der Waals surface area contributed by atoms with Crippen molar-refractivity contribution in [1.29, 1.82) is 0 Å². The average molecular weight is 435 g/mol. The summed E-state index contributed by atoms with van der Waals surface area (Å²) in [6.07, 6.45) is 0. The summed E-state index contributed by atoms with van der Waals surface area (Å²) in [5.74, 6) is 1.05. The summed E-state index contributed by atoms with van der Waals surface area (Å²) in [5, 5.41) is 0.